The second kappa shape index (κ2) is 7.44. The molecule has 2 aromatic heterocycles. The van der Waals surface area contributed by atoms with Crippen LogP contribution in [-0.4, -0.2) is 37.6 Å². The first kappa shape index (κ1) is 18.2. The Hall–Kier alpha value is -2.19. The van der Waals surface area contributed by atoms with Crippen molar-refractivity contribution in [2.45, 2.75) is 38.1 Å². The molecule has 140 valence electrons. The Bertz CT molecular complexity index is 1010. The number of carbonyl (C=O) groups is 1. The molecule has 1 N–H and O–H groups in total. The van der Waals surface area contributed by atoms with Crippen molar-refractivity contribution in [2.24, 2.45) is 0 Å². The third kappa shape index (κ3) is 3.27. The van der Waals surface area contributed by atoms with Gasteiger partial charge in [0.2, 0.25) is 0 Å². The van der Waals surface area contributed by atoms with Crippen LogP contribution >= 0.6 is 24.0 Å². The lowest BCUT2D eigenvalue weighted by Gasteiger charge is -2.29. The van der Waals surface area contributed by atoms with Gasteiger partial charge in [-0.15, -0.1) is 0 Å². The normalized spacial score (nSPS) is 20.0. The smallest absolute Gasteiger partial charge is 0.267 e. The number of rotatable bonds is 3. The predicted molar refractivity (Wildman–Crippen MR) is 113 cm³/mol. The summed E-state index contributed by atoms with van der Waals surface area (Å²) in [5, 5.41) is 2.97. The van der Waals surface area contributed by atoms with Crippen LogP contribution in [0, 0.1) is 0 Å². The van der Waals surface area contributed by atoms with Crippen LogP contribution in [0.5, 0.6) is 0 Å². The van der Waals surface area contributed by atoms with Crippen LogP contribution in [0.4, 0.5) is 5.82 Å². The van der Waals surface area contributed by atoms with E-state index in [1.165, 1.54) is 22.6 Å². The standard InChI is InChI=1S/C19H20N4O2S2/c1-20-16-13(17(24)22-10-6-5-9-15(22)21-16)11-14-18(25)23(19(26)27-14)12-7-3-2-4-8-12/h5-6,9-12,20H,2-4,7-8H2,1H3/b14-11+. The van der Waals surface area contributed by atoms with E-state index >= 15 is 0 Å². The number of hydrogen-bond donors (Lipinski definition) is 1. The van der Waals surface area contributed by atoms with Crippen LogP contribution < -0.4 is 10.9 Å². The summed E-state index contributed by atoms with van der Waals surface area (Å²) < 4.78 is 2.06. The zero-order chi connectivity index (χ0) is 19.0. The molecule has 6 nitrogen and oxygen atoms in total. The van der Waals surface area contributed by atoms with Crippen molar-refractivity contribution in [3.8, 4) is 0 Å². The van der Waals surface area contributed by atoms with Gasteiger partial charge in [-0.2, -0.15) is 0 Å². The molecule has 1 aliphatic heterocycles. The van der Waals surface area contributed by atoms with Crippen LogP contribution in [0.2, 0.25) is 0 Å². The summed E-state index contributed by atoms with van der Waals surface area (Å²) in [7, 11) is 1.71. The number of amides is 1. The van der Waals surface area contributed by atoms with Crippen LogP contribution in [0.3, 0.4) is 0 Å². The highest BCUT2D eigenvalue weighted by Gasteiger charge is 2.37. The number of fused-ring (bicyclic) bond motifs is 1. The van der Waals surface area contributed by atoms with Gasteiger partial charge < -0.3 is 5.32 Å². The van der Waals surface area contributed by atoms with Crippen molar-refractivity contribution in [3.05, 3.63) is 45.2 Å². The molecule has 1 aliphatic carbocycles. The van der Waals surface area contributed by atoms with Gasteiger partial charge in [0.25, 0.3) is 11.5 Å². The number of thiocarbonyl (C=S) groups is 1. The second-order valence-corrected chi connectivity index (χ2v) is 8.38. The zero-order valence-electron chi connectivity index (χ0n) is 15.0. The van der Waals surface area contributed by atoms with E-state index in [1.807, 2.05) is 6.07 Å². The fourth-order valence-electron chi connectivity index (χ4n) is 3.69. The van der Waals surface area contributed by atoms with Gasteiger partial charge in [-0.1, -0.05) is 49.3 Å². The maximum Gasteiger partial charge on any atom is 0.267 e. The maximum atomic E-state index is 13.0. The van der Waals surface area contributed by atoms with E-state index in [2.05, 4.69) is 10.3 Å². The molecule has 0 radical (unpaired) electrons. The molecule has 0 aromatic carbocycles. The van der Waals surface area contributed by atoms with E-state index in [4.69, 9.17) is 12.2 Å². The van der Waals surface area contributed by atoms with Crippen molar-refractivity contribution < 1.29 is 4.79 Å². The first-order valence-electron chi connectivity index (χ1n) is 9.06. The third-order valence-corrected chi connectivity index (χ3v) is 6.38. The van der Waals surface area contributed by atoms with Crippen molar-refractivity contribution in [1.82, 2.24) is 14.3 Å². The Morgan fingerprint density at radius 3 is 2.78 bits per heavy atom. The van der Waals surface area contributed by atoms with E-state index in [1.54, 1.807) is 36.4 Å². The number of nitrogens with zero attached hydrogens (tertiary/aromatic N) is 3. The number of hydrogen-bond acceptors (Lipinski definition) is 6. The molecule has 0 bridgehead atoms. The molecular formula is C19H20N4O2S2. The van der Waals surface area contributed by atoms with Gasteiger partial charge in [0.15, 0.2) is 0 Å². The molecule has 4 rings (SSSR count). The summed E-state index contributed by atoms with van der Waals surface area (Å²) in [6, 6.07) is 5.56. The number of pyridine rings is 1. The molecule has 0 unspecified atom stereocenters. The summed E-state index contributed by atoms with van der Waals surface area (Å²) in [6.45, 7) is 0. The maximum absolute atomic E-state index is 13.0. The lowest BCUT2D eigenvalue weighted by atomic mass is 9.94. The summed E-state index contributed by atoms with van der Waals surface area (Å²) >= 11 is 6.74. The zero-order valence-corrected chi connectivity index (χ0v) is 16.6. The van der Waals surface area contributed by atoms with Crippen molar-refractivity contribution in [1.29, 1.82) is 0 Å². The van der Waals surface area contributed by atoms with Gasteiger partial charge in [-0.3, -0.25) is 18.9 Å². The number of nitrogens with one attached hydrogen (secondary N) is 1. The highest BCUT2D eigenvalue weighted by Crippen LogP contribution is 2.37. The Labute approximate surface area is 166 Å². The van der Waals surface area contributed by atoms with E-state index < -0.39 is 0 Å². The molecule has 8 heteroatoms. The van der Waals surface area contributed by atoms with E-state index in [-0.39, 0.29) is 17.5 Å². The minimum absolute atomic E-state index is 0.100. The van der Waals surface area contributed by atoms with E-state index in [0.29, 0.717) is 26.3 Å². The van der Waals surface area contributed by atoms with Gasteiger partial charge in [-0.25, -0.2) is 4.98 Å². The highest BCUT2D eigenvalue weighted by molar-refractivity contribution is 8.26. The molecule has 0 spiro atoms. The lowest BCUT2D eigenvalue weighted by Crippen LogP contribution is -2.39. The Morgan fingerprint density at radius 1 is 1.26 bits per heavy atom. The topological polar surface area (TPSA) is 66.7 Å². The first-order chi connectivity index (χ1) is 13.1. The largest absolute Gasteiger partial charge is 0.372 e. The molecule has 1 saturated carbocycles. The average Bonchev–Trinajstić information content (AvgIpc) is 2.97. The second-order valence-electron chi connectivity index (χ2n) is 6.70. The Morgan fingerprint density at radius 2 is 2.04 bits per heavy atom. The summed E-state index contributed by atoms with van der Waals surface area (Å²) in [5.41, 5.74) is 0.706. The van der Waals surface area contributed by atoms with Crippen LogP contribution in [0.1, 0.15) is 37.7 Å². The molecular weight excluding hydrogens is 380 g/mol. The number of aromatic nitrogens is 2. The fourth-order valence-corrected chi connectivity index (χ4v) is 5.07. The molecule has 27 heavy (non-hydrogen) atoms. The Balaban J connectivity index is 1.75. The van der Waals surface area contributed by atoms with Crippen LogP contribution in [-0.2, 0) is 4.79 Å². The molecule has 3 heterocycles. The van der Waals surface area contributed by atoms with E-state index in [0.717, 1.165) is 25.7 Å². The summed E-state index contributed by atoms with van der Waals surface area (Å²) in [6.07, 6.45) is 8.74. The molecule has 2 aliphatic rings. The van der Waals surface area contributed by atoms with Gasteiger partial charge >= 0.3 is 0 Å². The minimum Gasteiger partial charge on any atom is -0.372 e. The molecule has 1 amide bonds. The van der Waals surface area contributed by atoms with Crippen molar-refractivity contribution in [2.75, 3.05) is 12.4 Å². The monoisotopic (exact) mass is 400 g/mol. The van der Waals surface area contributed by atoms with Gasteiger partial charge in [0.1, 0.15) is 15.8 Å². The first-order valence-corrected chi connectivity index (χ1v) is 10.3. The summed E-state index contributed by atoms with van der Waals surface area (Å²) in [5.74, 6) is 0.352. The SMILES string of the molecule is CNc1nc2ccccn2c(=O)c1/C=C1/SC(=S)N(C2CCCCC2)C1=O. The van der Waals surface area contributed by atoms with Crippen molar-refractivity contribution >= 4 is 51.7 Å². The molecule has 1 saturated heterocycles. The van der Waals surface area contributed by atoms with Gasteiger partial charge in [0.05, 0.1) is 10.5 Å². The molecule has 0 atom stereocenters. The highest BCUT2D eigenvalue weighted by atomic mass is 32.2. The number of carbonyl (C=O) groups excluding carboxylic acids is 1. The van der Waals surface area contributed by atoms with Gasteiger partial charge in [-0.05, 0) is 31.1 Å². The average molecular weight is 401 g/mol. The quantitative estimate of drug-likeness (QED) is 0.630. The fraction of sp³-hybridized carbons (Fsp3) is 0.368. The van der Waals surface area contributed by atoms with Crippen LogP contribution in [0.15, 0.2) is 34.1 Å². The number of thioether (sulfide) groups is 1. The van der Waals surface area contributed by atoms with E-state index in [9.17, 15) is 9.59 Å². The minimum atomic E-state index is -0.215. The van der Waals surface area contributed by atoms with Crippen LogP contribution in [0.25, 0.3) is 11.7 Å². The lowest BCUT2D eigenvalue weighted by molar-refractivity contribution is -0.124. The van der Waals surface area contributed by atoms with Crippen molar-refractivity contribution in [3.63, 3.8) is 0 Å². The Kier molecular flexibility index (Phi) is 5.01. The van der Waals surface area contributed by atoms with Gasteiger partial charge in [0, 0.05) is 19.3 Å². The molecule has 2 fully saturated rings. The summed E-state index contributed by atoms with van der Waals surface area (Å²) in [4.78, 5) is 32.7. The predicted octanol–water partition coefficient (Wildman–Crippen LogP) is 3.27. The number of anilines is 1. The third-order valence-electron chi connectivity index (χ3n) is 5.04. The molecule has 2 aromatic rings.